The van der Waals surface area contributed by atoms with Gasteiger partial charge in [0.05, 0.1) is 4.92 Å². The largest absolute Gasteiger partial charge is 0.374 e. The van der Waals surface area contributed by atoms with E-state index in [-0.39, 0.29) is 30.0 Å². The van der Waals surface area contributed by atoms with Gasteiger partial charge < -0.3 is 22.1 Å². The van der Waals surface area contributed by atoms with Gasteiger partial charge in [-0.25, -0.2) is 0 Å². The molecule has 2 aromatic rings. The Morgan fingerprint density at radius 1 is 1.07 bits per heavy atom. The molecule has 2 rings (SSSR count). The first kappa shape index (κ1) is 22.7. The Kier molecular flexibility index (Phi) is 9.24. The summed E-state index contributed by atoms with van der Waals surface area (Å²) < 4.78 is 0. The highest BCUT2D eigenvalue weighted by Crippen LogP contribution is 2.17. The van der Waals surface area contributed by atoms with Gasteiger partial charge in [0, 0.05) is 30.1 Å². The number of nitro groups is 1. The zero-order valence-electron chi connectivity index (χ0n) is 15.1. The molecule has 28 heavy (non-hydrogen) atoms. The smallest absolute Gasteiger partial charge is 0.269 e. The average molecular weight is 407 g/mol. The maximum absolute atomic E-state index is 12.7. The van der Waals surface area contributed by atoms with E-state index in [1.54, 1.807) is 0 Å². The molecule has 0 aliphatic rings. The minimum Gasteiger partial charge on any atom is -0.374 e. The van der Waals surface area contributed by atoms with Crippen molar-refractivity contribution in [2.24, 2.45) is 16.5 Å². The molecule has 0 spiro atoms. The predicted molar refractivity (Wildman–Crippen MR) is 113 cm³/mol. The monoisotopic (exact) mass is 406 g/mol. The lowest BCUT2D eigenvalue weighted by molar-refractivity contribution is -0.384. The van der Waals surface area contributed by atoms with Crippen molar-refractivity contribution in [3.05, 3.63) is 64.7 Å². The topological polar surface area (TPSA) is 149 Å². The molecule has 0 radical (unpaired) electrons. The van der Waals surface area contributed by atoms with Gasteiger partial charge in [0.2, 0.25) is 5.91 Å². The average Bonchev–Trinajstić information content (AvgIpc) is 2.65. The lowest BCUT2D eigenvalue weighted by atomic mass is 10.1. The number of nitrogens with one attached hydrogen (secondary N) is 2. The molecule has 150 valence electrons. The highest BCUT2D eigenvalue weighted by atomic mass is 35.5. The summed E-state index contributed by atoms with van der Waals surface area (Å²) in [6, 6.07) is 14.5. The second-order valence-corrected chi connectivity index (χ2v) is 5.80. The molecule has 0 aliphatic heterocycles. The lowest BCUT2D eigenvalue weighted by Crippen LogP contribution is -2.35. The van der Waals surface area contributed by atoms with Crippen molar-refractivity contribution in [1.82, 2.24) is 0 Å². The van der Waals surface area contributed by atoms with Gasteiger partial charge in [-0.1, -0.05) is 18.2 Å². The minimum absolute atomic E-state index is 0. The molecule has 0 aliphatic carbocycles. The number of amides is 1. The molecule has 6 N–H and O–H groups in total. The Morgan fingerprint density at radius 3 is 2.29 bits per heavy atom. The van der Waals surface area contributed by atoms with Crippen LogP contribution in [-0.4, -0.2) is 29.4 Å². The summed E-state index contributed by atoms with van der Waals surface area (Å²) in [5.74, 6) is -0.240. The Labute approximate surface area is 168 Å². The van der Waals surface area contributed by atoms with Gasteiger partial charge in [-0.2, -0.15) is 0 Å². The summed E-state index contributed by atoms with van der Waals surface area (Å²) in [5, 5.41) is 16.7. The number of nitrogens with zero attached hydrogens (tertiary/aromatic N) is 2. The van der Waals surface area contributed by atoms with Crippen LogP contribution < -0.4 is 22.1 Å². The predicted octanol–water partition coefficient (Wildman–Crippen LogP) is 2.49. The third-order valence-corrected chi connectivity index (χ3v) is 3.72. The van der Waals surface area contributed by atoms with Crippen molar-refractivity contribution in [2.45, 2.75) is 18.9 Å². The number of non-ortho nitro benzene ring substituents is 1. The summed E-state index contributed by atoms with van der Waals surface area (Å²) in [4.78, 5) is 26.8. The number of benzene rings is 2. The van der Waals surface area contributed by atoms with Crippen molar-refractivity contribution >= 4 is 41.3 Å². The zero-order chi connectivity index (χ0) is 19.6. The van der Waals surface area contributed by atoms with E-state index >= 15 is 0 Å². The van der Waals surface area contributed by atoms with Crippen LogP contribution in [-0.2, 0) is 4.79 Å². The van der Waals surface area contributed by atoms with Crippen molar-refractivity contribution in [2.75, 3.05) is 17.2 Å². The maximum Gasteiger partial charge on any atom is 0.269 e. The second kappa shape index (κ2) is 11.4. The van der Waals surface area contributed by atoms with Crippen molar-refractivity contribution in [1.29, 1.82) is 0 Å². The van der Waals surface area contributed by atoms with Gasteiger partial charge >= 0.3 is 0 Å². The van der Waals surface area contributed by atoms with Crippen LogP contribution in [0.15, 0.2) is 59.6 Å². The number of carbonyl (C=O) groups excluding carboxylic acids is 1. The molecule has 1 amide bonds. The van der Waals surface area contributed by atoms with Crippen LogP contribution in [0.5, 0.6) is 0 Å². The first-order chi connectivity index (χ1) is 13.0. The van der Waals surface area contributed by atoms with Crippen LogP contribution in [0.2, 0.25) is 0 Å². The fourth-order valence-electron chi connectivity index (χ4n) is 2.40. The first-order valence-corrected chi connectivity index (χ1v) is 8.38. The number of nitro benzene ring substituents is 1. The normalized spacial score (nSPS) is 10.9. The lowest BCUT2D eigenvalue weighted by Gasteiger charge is -2.19. The van der Waals surface area contributed by atoms with E-state index in [2.05, 4.69) is 15.6 Å². The standard InChI is InChI=1S/C18H22N6O3.ClH/c19-18(20)21-12-4-7-16(22-13-5-2-1-3-6-13)17(25)23-14-8-10-15(11-9-14)24(26)27;/h1-3,5-6,8-11,16,22H,4,7,12H2,(H,23,25)(H4,19,20,21);1H. The number of carbonyl (C=O) groups is 1. The van der Waals surface area contributed by atoms with Crippen molar-refractivity contribution in [3.8, 4) is 0 Å². The Hall–Kier alpha value is -3.33. The molecule has 0 saturated heterocycles. The molecular formula is C18H23ClN6O3. The summed E-state index contributed by atoms with van der Waals surface area (Å²) >= 11 is 0. The highest BCUT2D eigenvalue weighted by Gasteiger charge is 2.18. The van der Waals surface area contributed by atoms with E-state index in [0.717, 1.165) is 5.69 Å². The number of hydrogen-bond acceptors (Lipinski definition) is 5. The van der Waals surface area contributed by atoms with Gasteiger partial charge in [0.15, 0.2) is 5.96 Å². The molecule has 0 fully saturated rings. The molecule has 1 atom stereocenters. The third kappa shape index (κ3) is 7.50. The molecule has 2 aromatic carbocycles. The van der Waals surface area contributed by atoms with Gasteiger partial charge in [-0.15, -0.1) is 12.4 Å². The van der Waals surface area contributed by atoms with Crippen LogP contribution in [0.25, 0.3) is 0 Å². The van der Waals surface area contributed by atoms with Crippen LogP contribution >= 0.6 is 12.4 Å². The van der Waals surface area contributed by atoms with E-state index in [0.29, 0.717) is 25.1 Å². The van der Waals surface area contributed by atoms with Crippen LogP contribution in [0, 0.1) is 10.1 Å². The Morgan fingerprint density at radius 2 is 1.71 bits per heavy atom. The molecule has 10 heteroatoms. The molecule has 0 heterocycles. The minimum atomic E-state index is -0.517. The number of para-hydroxylation sites is 1. The van der Waals surface area contributed by atoms with Crippen molar-refractivity contribution < 1.29 is 9.72 Å². The fraction of sp³-hybridized carbons (Fsp3) is 0.222. The summed E-state index contributed by atoms with van der Waals surface area (Å²) in [6.45, 7) is 0.417. The Bertz CT molecular complexity index is 795. The number of halogens is 1. The maximum atomic E-state index is 12.7. The van der Waals surface area contributed by atoms with Gasteiger partial charge in [0.25, 0.3) is 5.69 Å². The van der Waals surface area contributed by atoms with E-state index in [9.17, 15) is 14.9 Å². The van der Waals surface area contributed by atoms with Crippen LogP contribution in [0.3, 0.4) is 0 Å². The van der Waals surface area contributed by atoms with E-state index in [1.165, 1.54) is 24.3 Å². The number of hydrogen-bond donors (Lipinski definition) is 4. The summed E-state index contributed by atoms with van der Waals surface area (Å²) in [6.07, 6.45) is 1.11. The molecule has 0 bridgehead atoms. The number of nitrogens with two attached hydrogens (primary N) is 2. The molecule has 9 nitrogen and oxygen atoms in total. The number of rotatable bonds is 9. The molecule has 1 unspecified atom stereocenters. The van der Waals surface area contributed by atoms with Crippen LogP contribution in [0.1, 0.15) is 12.8 Å². The van der Waals surface area contributed by atoms with Gasteiger partial charge in [-0.3, -0.25) is 19.9 Å². The quantitative estimate of drug-likeness (QED) is 0.165. The van der Waals surface area contributed by atoms with Crippen LogP contribution in [0.4, 0.5) is 17.1 Å². The van der Waals surface area contributed by atoms with Gasteiger partial charge in [-0.05, 0) is 37.1 Å². The highest BCUT2D eigenvalue weighted by molar-refractivity contribution is 5.96. The third-order valence-electron chi connectivity index (χ3n) is 3.72. The first-order valence-electron chi connectivity index (χ1n) is 8.38. The van der Waals surface area contributed by atoms with E-state index in [1.807, 2.05) is 30.3 Å². The summed E-state index contributed by atoms with van der Waals surface area (Å²) in [7, 11) is 0. The second-order valence-electron chi connectivity index (χ2n) is 5.80. The zero-order valence-corrected chi connectivity index (χ0v) is 15.9. The number of anilines is 2. The Balaban J connectivity index is 0.00000392. The van der Waals surface area contributed by atoms with Crippen molar-refractivity contribution in [3.63, 3.8) is 0 Å². The van der Waals surface area contributed by atoms with E-state index in [4.69, 9.17) is 11.5 Å². The molecule has 0 saturated carbocycles. The fourth-order valence-corrected chi connectivity index (χ4v) is 2.40. The van der Waals surface area contributed by atoms with E-state index < -0.39 is 11.0 Å². The molecule has 0 aromatic heterocycles. The number of aliphatic imine (C=N–C) groups is 1. The summed E-state index contributed by atoms with van der Waals surface area (Å²) in [5.41, 5.74) is 11.9. The van der Waals surface area contributed by atoms with Gasteiger partial charge in [0.1, 0.15) is 6.04 Å². The molecular weight excluding hydrogens is 384 g/mol. The SMILES string of the molecule is Cl.NC(N)=NCCCC(Nc1ccccc1)C(=O)Nc1ccc([N+](=O)[O-])cc1. The number of guanidine groups is 1.